The lowest BCUT2D eigenvalue weighted by atomic mass is 10.1. The van der Waals surface area contributed by atoms with Crippen LogP contribution in [0.4, 0.5) is 10.1 Å². The van der Waals surface area contributed by atoms with E-state index in [0.717, 1.165) is 5.56 Å². The van der Waals surface area contributed by atoms with E-state index in [1.54, 1.807) is 37.3 Å². The minimum Gasteiger partial charge on any atom is -0.396 e. The highest BCUT2D eigenvalue weighted by Gasteiger charge is 2.16. The van der Waals surface area contributed by atoms with E-state index in [4.69, 9.17) is 5.11 Å². The maximum atomic E-state index is 13.9. The van der Waals surface area contributed by atoms with Crippen LogP contribution in [0.25, 0.3) is 5.69 Å². The van der Waals surface area contributed by atoms with E-state index in [1.165, 1.54) is 16.9 Å². The summed E-state index contributed by atoms with van der Waals surface area (Å²) in [4.78, 5) is 12.5. The molecule has 0 aliphatic rings. The van der Waals surface area contributed by atoms with Crippen LogP contribution in [0, 0.1) is 12.7 Å². The SMILES string of the molecule is Cc1c(C(=O)Nc2ccc(CCO)cc2)cnn1-c1ccccc1F. The average molecular weight is 339 g/mol. The highest BCUT2D eigenvalue weighted by Crippen LogP contribution is 2.18. The van der Waals surface area contributed by atoms with Crippen LogP contribution >= 0.6 is 0 Å². The van der Waals surface area contributed by atoms with Gasteiger partial charge in [-0.15, -0.1) is 0 Å². The van der Waals surface area contributed by atoms with Gasteiger partial charge in [-0.05, 0) is 43.2 Å². The number of nitrogens with one attached hydrogen (secondary N) is 1. The van der Waals surface area contributed by atoms with Gasteiger partial charge >= 0.3 is 0 Å². The largest absolute Gasteiger partial charge is 0.396 e. The van der Waals surface area contributed by atoms with Crippen LogP contribution in [-0.2, 0) is 6.42 Å². The molecule has 3 aromatic rings. The molecule has 25 heavy (non-hydrogen) atoms. The molecule has 0 radical (unpaired) electrons. The number of aliphatic hydroxyl groups is 1. The van der Waals surface area contributed by atoms with Crippen molar-refractivity contribution in [1.82, 2.24) is 9.78 Å². The predicted molar refractivity (Wildman–Crippen MR) is 93.4 cm³/mol. The molecule has 0 bridgehead atoms. The first-order chi connectivity index (χ1) is 12.1. The number of aromatic nitrogens is 2. The lowest BCUT2D eigenvalue weighted by molar-refractivity contribution is 0.102. The number of nitrogens with zero attached hydrogens (tertiary/aromatic N) is 2. The van der Waals surface area contributed by atoms with Crippen LogP contribution in [0.5, 0.6) is 0 Å². The number of aliphatic hydroxyl groups excluding tert-OH is 1. The minimum atomic E-state index is -0.403. The van der Waals surface area contributed by atoms with Crippen molar-refractivity contribution in [1.29, 1.82) is 0 Å². The van der Waals surface area contributed by atoms with Crippen LogP contribution in [0.1, 0.15) is 21.6 Å². The highest BCUT2D eigenvalue weighted by atomic mass is 19.1. The molecular weight excluding hydrogens is 321 g/mol. The fourth-order valence-corrected chi connectivity index (χ4v) is 2.58. The number of anilines is 1. The fraction of sp³-hybridized carbons (Fsp3) is 0.158. The minimum absolute atomic E-state index is 0.0835. The third-order valence-electron chi connectivity index (χ3n) is 3.95. The molecule has 0 fully saturated rings. The Morgan fingerprint density at radius 2 is 1.92 bits per heavy atom. The molecule has 0 saturated heterocycles. The van der Waals surface area contributed by atoms with Gasteiger partial charge in [-0.2, -0.15) is 5.10 Å². The summed E-state index contributed by atoms with van der Waals surface area (Å²) in [5.41, 5.74) is 2.86. The van der Waals surface area contributed by atoms with Crippen LogP contribution in [0.3, 0.4) is 0 Å². The molecule has 128 valence electrons. The van der Waals surface area contributed by atoms with E-state index in [1.807, 2.05) is 12.1 Å². The van der Waals surface area contributed by atoms with Crippen molar-refractivity contribution in [2.45, 2.75) is 13.3 Å². The molecule has 0 unspecified atom stereocenters. The monoisotopic (exact) mass is 339 g/mol. The summed E-state index contributed by atoms with van der Waals surface area (Å²) < 4.78 is 15.3. The zero-order valence-electron chi connectivity index (χ0n) is 13.7. The van der Waals surface area contributed by atoms with Gasteiger partial charge in [0.1, 0.15) is 11.5 Å². The molecule has 0 spiro atoms. The van der Waals surface area contributed by atoms with Gasteiger partial charge in [-0.25, -0.2) is 9.07 Å². The first-order valence-corrected chi connectivity index (χ1v) is 7.91. The lowest BCUT2D eigenvalue weighted by Gasteiger charge is -2.08. The van der Waals surface area contributed by atoms with Crippen molar-refractivity contribution < 1.29 is 14.3 Å². The van der Waals surface area contributed by atoms with Crippen LogP contribution in [0.2, 0.25) is 0 Å². The van der Waals surface area contributed by atoms with Crippen LogP contribution < -0.4 is 5.32 Å². The Kier molecular flexibility index (Phi) is 4.90. The molecule has 0 saturated carbocycles. The van der Waals surface area contributed by atoms with E-state index < -0.39 is 5.82 Å². The third-order valence-corrected chi connectivity index (χ3v) is 3.95. The summed E-state index contributed by atoms with van der Waals surface area (Å²) in [6.07, 6.45) is 2.00. The molecule has 1 heterocycles. The Labute approximate surface area is 144 Å². The van der Waals surface area contributed by atoms with Crippen molar-refractivity contribution in [3.63, 3.8) is 0 Å². The molecular formula is C19H18FN3O2. The second-order valence-corrected chi connectivity index (χ2v) is 5.63. The van der Waals surface area contributed by atoms with Gasteiger partial charge in [0.05, 0.1) is 17.5 Å². The number of benzene rings is 2. The Bertz CT molecular complexity index is 888. The topological polar surface area (TPSA) is 67.2 Å². The van der Waals surface area contributed by atoms with Gasteiger partial charge in [0.25, 0.3) is 5.91 Å². The Morgan fingerprint density at radius 1 is 1.20 bits per heavy atom. The van der Waals surface area contributed by atoms with E-state index in [9.17, 15) is 9.18 Å². The van der Waals surface area contributed by atoms with Crippen LogP contribution in [0.15, 0.2) is 54.7 Å². The highest BCUT2D eigenvalue weighted by molar-refractivity contribution is 6.05. The summed E-state index contributed by atoms with van der Waals surface area (Å²) in [7, 11) is 0. The zero-order chi connectivity index (χ0) is 17.8. The number of rotatable bonds is 5. The van der Waals surface area contributed by atoms with E-state index >= 15 is 0 Å². The van der Waals surface area contributed by atoms with E-state index in [0.29, 0.717) is 29.1 Å². The van der Waals surface area contributed by atoms with Crippen molar-refractivity contribution in [2.24, 2.45) is 0 Å². The molecule has 3 rings (SSSR count). The predicted octanol–water partition coefficient (Wildman–Crippen LogP) is 3.11. The first kappa shape index (κ1) is 16.9. The normalized spacial score (nSPS) is 10.7. The van der Waals surface area contributed by atoms with E-state index in [-0.39, 0.29) is 12.5 Å². The second-order valence-electron chi connectivity index (χ2n) is 5.63. The van der Waals surface area contributed by atoms with Crippen molar-refractivity contribution in [3.8, 4) is 5.69 Å². The summed E-state index contributed by atoms with van der Waals surface area (Å²) in [5, 5.41) is 15.9. The van der Waals surface area contributed by atoms with Gasteiger partial charge in [-0.1, -0.05) is 24.3 Å². The molecule has 1 aromatic heterocycles. The molecule has 0 aliphatic heterocycles. The maximum absolute atomic E-state index is 13.9. The molecule has 2 N–H and O–H groups in total. The molecule has 2 aromatic carbocycles. The number of halogens is 1. The number of hydrogen-bond acceptors (Lipinski definition) is 3. The van der Waals surface area contributed by atoms with E-state index in [2.05, 4.69) is 10.4 Å². The van der Waals surface area contributed by atoms with Gasteiger partial charge in [0, 0.05) is 12.3 Å². The maximum Gasteiger partial charge on any atom is 0.259 e. The fourth-order valence-electron chi connectivity index (χ4n) is 2.58. The number of hydrogen-bond donors (Lipinski definition) is 2. The summed E-state index contributed by atoms with van der Waals surface area (Å²) in [6, 6.07) is 13.5. The molecule has 1 amide bonds. The molecule has 5 nitrogen and oxygen atoms in total. The third kappa shape index (κ3) is 3.59. The van der Waals surface area contributed by atoms with Gasteiger partial charge in [-0.3, -0.25) is 4.79 Å². The molecule has 6 heteroatoms. The van der Waals surface area contributed by atoms with Crippen molar-refractivity contribution in [3.05, 3.63) is 77.4 Å². The second kappa shape index (κ2) is 7.27. The zero-order valence-corrected chi connectivity index (χ0v) is 13.7. The number of carbonyl (C=O) groups is 1. The van der Waals surface area contributed by atoms with Gasteiger partial charge in [0.15, 0.2) is 0 Å². The number of para-hydroxylation sites is 1. The quantitative estimate of drug-likeness (QED) is 0.750. The van der Waals surface area contributed by atoms with Crippen molar-refractivity contribution in [2.75, 3.05) is 11.9 Å². The summed E-state index contributed by atoms with van der Waals surface area (Å²) >= 11 is 0. The Hall–Kier alpha value is -2.99. The summed E-state index contributed by atoms with van der Waals surface area (Å²) in [5.74, 6) is -0.713. The van der Waals surface area contributed by atoms with Crippen LogP contribution in [-0.4, -0.2) is 27.4 Å². The smallest absolute Gasteiger partial charge is 0.259 e. The molecule has 0 aliphatic carbocycles. The lowest BCUT2D eigenvalue weighted by Crippen LogP contribution is -2.13. The summed E-state index contributed by atoms with van der Waals surface area (Å²) in [6.45, 7) is 1.80. The Morgan fingerprint density at radius 3 is 2.60 bits per heavy atom. The first-order valence-electron chi connectivity index (χ1n) is 7.91. The van der Waals surface area contributed by atoms with Crippen molar-refractivity contribution >= 4 is 11.6 Å². The number of carbonyl (C=O) groups excluding carboxylic acids is 1. The standard InChI is InChI=1S/C19H18FN3O2/c1-13-16(12-21-23(13)18-5-3-2-4-17(18)20)19(25)22-15-8-6-14(7-9-15)10-11-24/h2-9,12,24H,10-11H2,1H3,(H,22,25). The van der Waals surface area contributed by atoms with Gasteiger partial charge in [0.2, 0.25) is 0 Å². The Balaban J connectivity index is 1.80. The average Bonchev–Trinajstić information content (AvgIpc) is 2.99. The number of amides is 1. The van der Waals surface area contributed by atoms with Gasteiger partial charge < -0.3 is 10.4 Å². The molecule has 0 atom stereocenters.